The Balaban J connectivity index is 1.93. The third-order valence-electron chi connectivity index (χ3n) is 2.77. The van der Waals surface area contributed by atoms with E-state index in [1.54, 1.807) is 12.1 Å². The highest BCUT2D eigenvalue weighted by Crippen LogP contribution is 2.28. The van der Waals surface area contributed by atoms with E-state index in [2.05, 4.69) is 20.5 Å². The Morgan fingerprint density at radius 2 is 2.35 bits per heavy atom. The van der Waals surface area contributed by atoms with E-state index in [1.165, 1.54) is 19.5 Å². The number of nitrogens with zero attached hydrogens (tertiary/aromatic N) is 3. The normalized spacial score (nSPS) is 10.2. The first-order valence-corrected chi connectivity index (χ1v) is 6.11. The molecule has 106 valence electrons. The SMILES string of the molecule is COc1ccc(NCCCc2ncn[nH]2)c([N+](=O)[O-])c1. The molecule has 2 rings (SSSR count). The first-order chi connectivity index (χ1) is 9.70. The number of hydrogen-bond acceptors (Lipinski definition) is 6. The lowest BCUT2D eigenvalue weighted by atomic mass is 10.2. The molecule has 0 bridgehead atoms. The van der Waals surface area contributed by atoms with Crippen molar-refractivity contribution in [3.63, 3.8) is 0 Å². The molecule has 0 amide bonds. The monoisotopic (exact) mass is 277 g/mol. The van der Waals surface area contributed by atoms with Gasteiger partial charge in [0.2, 0.25) is 0 Å². The number of aromatic nitrogens is 3. The third-order valence-corrected chi connectivity index (χ3v) is 2.77. The van der Waals surface area contributed by atoms with Gasteiger partial charge in [-0.05, 0) is 18.6 Å². The molecule has 0 aliphatic heterocycles. The van der Waals surface area contributed by atoms with Crippen molar-refractivity contribution in [1.82, 2.24) is 15.2 Å². The van der Waals surface area contributed by atoms with Crippen LogP contribution in [0.1, 0.15) is 12.2 Å². The van der Waals surface area contributed by atoms with Gasteiger partial charge in [-0.15, -0.1) is 0 Å². The van der Waals surface area contributed by atoms with Gasteiger partial charge in [-0.25, -0.2) is 4.98 Å². The second-order valence-corrected chi connectivity index (χ2v) is 4.10. The smallest absolute Gasteiger partial charge is 0.296 e. The molecule has 2 aromatic rings. The van der Waals surface area contributed by atoms with Crippen LogP contribution in [0.15, 0.2) is 24.5 Å². The van der Waals surface area contributed by atoms with E-state index < -0.39 is 4.92 Å². The zero-order chi connectivity index (χ0) is 14.4. The maximum atomic E-state index is 11.0. The molecule has 0 unspecified atom stereocenters. The van der Waals surface area contributed by atoms with Crippen molar-refractivity contribution in [2.75, 3.05) is 19.0 Å². The number of benzene rings is 1. The molecule has 0 saturated heterocycles. The Hall–Kier alpha value is -2.64. The van der Waals surface area contributed by atoms with Crippen molar-refractivity contribution in [2.24, 2.45) is 0 Å². The molecule has 0 radical (unpaired) electrons. The molecule has 1 aromatic carbocycles. The highest BCUT2D eigenvalue weighted by atomic mass is 16.6. The van der Waals surface area contributed by atoms with Crippen LogP contribution in [0.4, 0.5) is 11.4 Å². The highest BCUT2D eigenvalue weighted by molar-refractivity contribution is 5.63. The average molecular weight is 277 g/mol. The summed E-state index contributed by atoms with van der Waals surface area (Å²) < 4.78 is 4.98. The van der Waals surface area contributed by atoms with Crippen molar-refractivity contribution < 1.29 is 9.66 Å². The van der Waals surface area contributed by atoms with Gasteiger partial charge in [0.05, 0.1) is 18.1 Å². The lowest BCUT2D eigenvalue weighted by Gasteiger charge is -2.07. The Kier molecular flexibility index (Phi) is 4.48. The molecule has 20 heavy (non-hydrogen) atoms. The highest BCUT2D eigenvalue weighted by Gasteiger charge is 2.14. The molecule has 1 heterocycles. The molecule has 0 fully saturated rings. The fourth-order valence-corrected chi connectivity index (χ4v) is 1.77. The minimum absolute atomic E-state index is 0.00372. The Bertz CT molecular complexity index is 570. The summed E-state index contributed by atoms with van der Waals surface area (Å²) in [5.41, 5.74) is 0.484. The molecule has 8 heteroatoms. The van der Waals surface area contributed by atoms with Gasteiger partial charge in [0.15, 0.2) is 0 Å². The summed E-state index contributed by atoms with van der Waals surface area (Å²) in [7, 11) is 1.48. The number of nitrogens with one attached hydrogen (secondary N) is 2. The number of anilines is 1. The fraction of sp³-hybridized carbons (Fsp3) is 0.333. The van der Waals surface area contributed by atoms with Crippen LogP contribution in [0.5, 0.6) is 5.75 Å². The van der Waals surface area contributed by atoms with E-state index in [1.807, 2.05) is 0 Å². The lowest BCUT2D eigenvalue weighted by Crippen LogP contribution is -2.06. The fourth-order valence-electron chi connectivity index (χ4n) is 1.77. The molecule has 0 aliphatic rings. The van der Waals surface area contributed by atoms with Gasteiger partial charge < -0.3 is 10.1 Å². The summed E-state index contributed by atoms with van der Waals surface area (Å²) in [6.07, 6.45) is 2.98. The van der Waals surface area contributed by atoms with E-state index in [4.69, 9.17) is 4.74 Å². The molecule has 8 nitrogen and oxygen atoms in total. The van der Waals surface area contributed by atoms with Crippen LogP contribution in [0.25, 0.3) is 0 Å². The molecule has 2 N–H and O–H groups in total. The number of aryl methyl sites for hydroxylation is 1. The number of H-pyrrole nitrogens is 1. The standard InChI is InChI=1S/C12H15N5O3/c1-20-9-4-5-10(11(7-9)17(18)19)13-6-2-3-12-14-8-15-16-12/h4-5,7-8,13H,2-3,6H2,1H3,(H,14,15,16). The summed E-state index contributed by atoms with van der Waals surface area (Å²) >= 11 is 0. The Morgan fingerprint density at radius 1 is 1.50 bits per heavy atom. The number of rotatable bonds is 7. The average Bonchev–Trinajstić information content (AvgIpc) is 2.96. The van der Waals surface area contributed by atoms with Gasteiger partial charge in [-0.1, -0.05) is 0 Å². The van der Waals surface area contributed by atoms with Crippen molar-refractivity contribution in [3.05, 3.63) is 40.5 Å². The maximum Gasteiger partial charge on any atom is 0.296 e. The van der Waals surface area contributed by atoms with E-state index in [0.717, 1.165) is 18.7 Å². The number of ether oxygens (including phenoxy) is 1. The molecule has 1 aromatic heterocycles. The molecule has 0 aliphatic carbocycles. The zero-order valence-electron chi connectivity index (χ0n) is 11.0. The van der Waals surface area contributed by atoms with Gasteiger partial charge in [-0.2, -0.15) is 5.10 Å². The molecular weight excluding hydrogens is 262 g/mol. The zero-order valence-corrected chi connectivity index (χ0v) is 11.0. The summed E-state index contributed by atoms with van der Waals surface area (Å²) in [6, 6.07) is 4.73. The molecular formula is C12H15N5O3. The maximum absolute atomic E-state index is 11.0. The predicted octanol–water partition coefficient (Wildman–Crippen LogP) is 1.77. The van der Waals surface area contributed by atoms with Crippen molar-refractivity contribution in [3.8, 4) is 5.75 Å². The minimum atomic E-state index is -0.429. The predicted molar refractivity (Wildman–Crippen MR) is 72.8 cm³/mol. The van der Waals surface area contributed by atoms with Gasteiger partial charge in [0, 0.05) is 13.0 Å². The Labute approximate surface area is 115 Å². The van der Waals surface area contributed by atoms with Gasteiger partial charge in [-0.3, -0.25) is 15.2 Å². The number of hydrogen-bond donors (Lipinski definition) is 2. The number of nitro benzene ring substituents is 1. The topological polar surface area (TPSA) is 106 Å². The van der Waals surface area contributed by atoms with Crippen LogP contribution >= 0.6 is 0 Å². The van der Waals surface area contributed by atoms with Crippen LogP contribution in [0, 0.1) is 10.1 Å². The van der Waals surface area contributed by atoms with Crippen LogP contribution < -0.4 is 10.1 Å². The van der Waals surface area contributed by atoms with Crippen LogP contribution in [-0.4, -0.2) is 33.8 Å². The first kappa shape index (κ1) is 13.8. The van der Waals surface area contributed by atoms with E-state index in [-0.39, 0.29) is 5.69 Å². The number of nitro groups is 1. The number of aromatic amines is 1. The van der Waals surface area contributed by atoms with E-state index in [9.17, 15) is 10.1 Å². The second kappa shape index (κ2) is 6.50. The van der Waals surface area contributed by atoms with E-state index in [0.29, 0.717) is 18.0 Å². The van der Waals surface area contributed by atoms with Crippen molar-refractivity contribution in [1.29, 1.82) is 0 Å². The quantitative estimate of drug-likeness (QED) is 0.454. The van der Waals surface area contributed by atoms with Gasteiger partial charge >= 0.3 is 0 Å². The number of methoxy groups -OCH3 is 1. The minimum Gasteiger partial charge on any atom is -0.496 e. The molecule has 0 spiro atoms. The van der Waals surface area contributed by atoms with Crippen molar-refractivity contribution >= 4 is 11.4 Å². The van der Waals surface area contributed by atoms with Crippen LogP contribution in [0.2, 0.25) is 0 Å². The summed E-state index contributed by atoms with van der Waals surface area (Å²) in [5, 5.41) is 20.6. The summed E-state index contributed by atoms with van der Waals surface area (Å²) in [5.74, 6) is 1.26. The van der Waals surface area contributed by atoms with Gasteiger partial charge in [0.1, 0.15) is 23.6 Å². The largest absolute Gasteiger partial charge is 0.496 e. The first-order valence-electron chi connectivity index (χ1n) is 6.11. The van der Waals surface area contributed by atoms with E-state index >= 15 is 0 Å². The summed E-state index contributed by atoms with van der Waals surface area (Å²) in [6.45, 7) is 0.605. The van der Waals surface area contributed by atoms with Gasteiger partial charge in [0.25, 0.3) is 5.69 Å². The summed E-state index contributed by atoms with van der Waals surface area (Å²) in [4.78, 5) is 14.6. The van der Waals surface area contributed by atoms with Crippen LogP contribution in [0.3, 0.4) is 0 Å². The molecule has 0 saturated carbocycles. The van der Waals surface area contributed by atoms with Crippen LogP contribution in [-0.2, 0) is 6.42 Å². The molecule has 0 atom stereocenters. The lowest BCUT2D eigenvalue weighted by molar-refractivity contribution is -0.384. The van der Waals surface area contributed by atoms with Crippen molar-refractivity contribution in [2.45, 2.75) is 12.8 Å². The second-order valence-electron chi connectivity index (χ2n) is 4.10. The third kappa shape index (κ3) is 3.44. The Morgan fingerprint density at radius 3 is 3.00 bits per heavy atom.